The zero-order valence-corrected chi connectivity index (χ0v) is 13.1. The van der Waals surface area contributed by atoms with Crippen LogP contribution in [0.5, 0.6) is 5.75 Å². The van der Waals surface area contributed by atoms with Crippen molar-refractivity contribution in [3.8, 4) is 5.75 Å². The van der Waals surface area contributed by atoms with E-state index in [1.54, 1.807) is 11.8 Å². The Morgan fingerprint density at radius 1 is 1.48 bits per heavy atom. The Morgan fingerprint density at radius 2 is 2.29 bits per heavy atom. The monoisotopic (exact) mass is 304 g/mol. The third-order valence-electron chi connectivity index (χ3n) is 3.66. The number of benzene rings is 1. The van der Waals surface area contributed by atoms with Gasteiger partial charge in [0.1, 0.15) is 11.9 Å². The Morgan fingerprint density at radius 3 is 3.10 bits per heavy atom. The highest BCUT2D eigenvalue weighted by Gasteiger charge is 2.27. The number of fused-ring (bicyclic) bond motifs is 1. The van der Waals surface area contributed by atoms with Gasteiger partial charge in [-0.25, -0.2) is 0 Å². The van der Waals surface area contributed by atoms with Crippen LogP contribution in [0.3, 0.4) is 0 Å². The van der Waals surface area contributed by atoms with Gasteiger partial charge in [-0.1, -0.05) is 12.1 Å². The van der Waals surface area contributed by atoms with E-state index in [1.807, 2.05) is 35.9 Å². The molecule has 5 heteroatoms. The van der Waals surface area contributed by atoms with E-state index < -0.39 is 6.10 Å². The SMILES string of the molecule is CCn1nc(C)cc1CC(O)C1CSc2ccccc2O1. The number of aliphatic hydroxyl groups excluding tert-OH is 1. The Kier molecular flexibility index (Phi) is 4.22. The zero-order valence-electron chi connectivity index (χ0n) is 12.3. The van der Waals surface area contributed by atoms with Crippen molar-refractivity contribution in [1.29, 1.82) is 0 Å². The summed E-state index contributed by atoms with van der Waals surface area (Å²) in [6.45, 7) is 4.86. The predicted octanol–water partition coefficient (Wildman–Crippen LogP) is 2.67. The molecule has 0 radical (unpaired) electrons. The normalized spacial score (nSPS) is 18.9. The van der Waals surface area contributed by atoms with Crippen LogP contribution >= 0.6 is 11.8 Å². The summed E-state index contributed by atoms with van der Waals surface area (Å²) in [5, 5.41) is 14.9. The van der Waals surface area contributed by atoms with Gasteiger partial charge < -0.3 is 9.84 Å². The molecule has 0 amide bonds. The summed E-state index contributed by atoms with van der Waals surface area (Å²) in [4.78, 5) is 1.15. The van der Waals surface area contributed by atoms with Gasteiger partial charge in [0.25, 0.3) is 0 Å². The summed E-state index contributed by atoms with van der Waals surface area (Å²) in [7, 11) is 0. The second-order valence-corrected chi connectivity index (χ2v) is 6.34. The fourth-order valence-corrected chi connectivity index (χ4v) is 3.68. The van der Waals surface area contributed by atoms with Crippen LogP contribution < -0.4 is 4.74 Å². The van der Waals surface area contributed by atoms with Crippen molar-refractivity contribution < 1.29 is 9.84 Å². The number of hydrogen-bond acceptors (Lipinski definition) is 4. The molecule has 2 unspecified atom stereocenters. The molecular formula is C16H20N2O2S. The van der Waals surface area contributed by atoms with Gasteiger partial charge in [-0.2, -0.15) is 5.10 Å². The van der Waals surface area contributed by atoms with Crippen molar-refractivity contribution in [1.82, 2.24) is 9.78 Å². The molecule has 2 aromatic rings. The number of aliphatic hydroxyl groups is 1. The molecule has 21 heavy (non-hydrogen) atoms. The number of thioether (sulfide) groups is 1. The van der Waals surface area contributed by atoms with E-state index in [-0.39, 0.29) is 6.10 Å². The lowest BCUT2D eigenvalue weighted by Crippen LogP contribution is -2.37. The van der Waals surface area contributed by atoms with Crippen LogP contribution in [-0.2, 0) is 13.0 Å². The maximum absolute atomic E-state index is 10.5. The molecule has 0 spiro atoms. The van der Waals surface area contributed by atoms with Crippen LogP contribution in [0.25, 0.3) is 0 Å². The molecule has 0 saturated heterocycles. The third-order valence-corrected chi connectivity index (χ3v) is 4.81. The number of aromatic nitrogens is 2. The van der Waals surface area contributed by atoms with Crippen molar-refractivity contribution in [2.75, 3.05) is 5.75 Å². The molecule has 0 bridgehead atoms. The highest BCUT2D eigenvalue weighted by molar-refractivity contribution is 7.99. The number of hydrogen-bond donors (Lipinski definition) is 1. The van der Waals surface area contributed by atoms with Crippen molar-refractivity contribution >= 4 is 11.8 Å². The van der Waals surface area contributed by atoms with Crippen LogP contribution in [0.1, 0.15) is 18.3 Å². The highest BCUT2D eigenvalue weighted by Crippen LogP contribution is 2.36. The number of para-hydroxylation sites is 1. The molecule has 1 aliphatic heterocycles. The zero-order chi connectivity index (χ0) is 14.8. The molecule has 0 fully saturated rings. The molecule has 1 aromatic carbocycles. The molecular weight excluding hydrogens is 284 g/mol. The summed E-state index contributed by atoms with van der Waals surface area (Å²) in [5.74, 6) is 1.65. The van der Waals surface area contributed by atoms with Crippen molar-refractivity contribution in [2.24, 2.45) is 0 Å². The topological polar surface area (TPSA) is 47.3 Å². The van der Waals surface area contributed by atoms with E-state index in [0.717, 1.165) is 34.3 Å². The number of aryl methyl sites for hydroxylation is 2. The summed E-state index contributed by atoms with van der Waals surface area (Å²) in [5.41, 5.74) is 2.05. The van der Waals surface area contributed by atoms with Crippen LogP contribution in [0.2, 0.25) is 0 Å². The standard InChI is InChI=1S/C16H20N2O2S/c1-3-18-12(8-11(2)17-18)9-13(19)15-10-21-16-7-5-4-6-14(16)20-15/h4-8,13,15,19H,3,9-10H2,1-2H3. The first-order chi connectivity index (χ1) is 10.2. The first-order valence-electron chi connectivity index (χ1n) is 7.27. The molecule has 1 N–H and O–H groups in total. The largest absolute Gasteiger partial charge is 0.486 e. The molecule has 1 aromatic heterocycles. The number of rotatable bonds is 4. The van der Waals surface area contributed by atoms with Gasteiger partial charge in [0, 0.05) is 29.3 Å². The van der Waals surface area contributed by atoms with Crippen LogP contribution in [0.15, 0.2) is 35.2 Å². The second-order valence-electron chi connectivity index (χ2n) is 5.28. The molecule has 2 heterocycles. The lowest BCUT2D eigenvalue weighted by molar-refractivity contribution is 0.0455. The molecule has 1 aliphatic rings. The Balaban J connectivity index is 1.70. The minimum absolute atomic E-state index is 0.176. The average Bonchev–Trinajstić information content (AvgIpc) is 2.86. The van der Waals surface area contributed by atoms with Crippen LogP contribution in [-0.4, -0.2) is 32.8 Å². The third kappa shape index (κ3) is 3.09. The fourth-order valence-electron chi connectivity index (χ4n) is 2.61. The van der Waals surface area contributed by atoms with Crippen LogP contribution in [0, 0.1) is 6.92 Å². The molecule has 2 atom stereocenters. The first kappa shape index (κ1) is 14.5. The van der Waals surface area contributed by atoms with Gasteiger partial charge in [0.2, 0.25) is 0 Å². The Hall–Kier alpha value is -1.46. The lowest BCUT2D eigenvalue weighted by Gasteiger charge is -2.29. The van der Waals surface area contributed by atoms with E-state index in [2.05, 4.69) is 18.1 Å². The molecule has 3 rings (SSSR count). The second kappa shape index (κ2) is 6.12. The van der Waals surface area contributed by atoms with Gasteiger partial charge in [-0.15, -0.1) is 11.8 Å². The summed E-state index contributed by atoms with van der Waals surface area (Å²) in [6, 6.07) is 10.0. The van der Waals surface area contributed by atoms with E-state index in [4.69, 9.17) is 4.74 Å². The van der Waals surface area contributed by atoms with Gasteiger partial charge in [-0.3, -0.25) is 4.68 Å². The molecule has 4 nitrogen and oxygen atoms in total. The van der Waals surface area contributed by atoms with Gasteiger partial charge in [0.05, 0.1) is 11.8 Å². The predicted molar refractivity (Wildman–Crippen MR) is 83.9 cm³/mol. The smallest absolute Gasteiger partial charge is 0.134 e. The molecule has 112 valence electrons. The van der Waals surface area contributed by atoms with Gasteiger partial charge in [-0.05, 0) is 32.0 Å². The van der Waals surface area contributed by atoms with Crippen molar-refractivity contribution in [3.63, 3.8) is 0 Å². The van der Waals surface area contributed by atoms with Crippen LogP contribution in [0.4, 0.5) is 0 Å². The summed E-state index contributed by atoms with van der Waals surface area (Å²) < 4.78 is 7.89. The number of nitrogens with zero attached hydrogens (tertiary/aromatic N) is 2. The maximum atomic E-state index is 10.5. The Bertz CT molecular complexity index is 626. The number of ether oxygens (including phenoxy) is 1. The quantitative estimate of drug-likeness (QED) is 0.943. The van der Waals surface area contributed by atoms with E-state index >= 15 is 0 Å². The van der Waals surface area contributed by atoms with E-state index in [9.17, 15) is 5.11 Å². The maximum Gasteiger partial charge on any atom is 0.134 e. The minimum Gasteiger partial charge on any atom is -0.486 e. The first-order valence-corrected chi connectivity index (χ1v) is 8.26. The highest BCUT2D eigenvalue weighted by atomic mass is 32.2. The van der Waals surface area contributed by atoms with Gasteiger partial charge in [0.15, 0.2) is 0 Å². The van der Waals surface area contributed by atoms with Gasteiger partial charge >= 0.3 is 0 Å². The van der Waals surface area contributed by atoms with Crippen molar-refractivity contribution in [3.05, 3.63) is 41.7 Å². The summed E-state index contributed by atoms with van der Waals surface area (Å²) >= 11 is 1.74. The minimum atomic E-state index is -0.521. The molecule has 0 saturated carbocycles. The van der Waals surface area contributed by atoms with E-state index in [1.165, 1.54) is 0 Å². The van der Waals surface area contributed by atoms with Crippen molar-refractivity contribution in [2.45, 2.75) is 43.9 Å². The summed E-state index contributed by atoms with van der Waals surface area (Å²) in [6.07, 6.45) is -0.125. The van der Waals surface area contributed by atoms with E-state index in [0.29, 0.717) is 6.42 Å². The fraction of sp³-hybridized carbons (Fsp3) is 0.438. The Labute approximate surface area is 129 Å². The molecule has 0 aliphatic carbocycles. The lowest BCUT2D eigenvalue weighted by atomic mass is 10.1. The average molecular weight is 304 g/mol.